The van der Waals surface area contributed by atoms with Crippen molar-refractivity contribution in [1.29, 1.82) is 0 Å². The lowest BCUT2D eigenvalue weighted by molar-refractivity contribution is 0.0767. The maximum Gasteiger partial charge on any atom is 0.258 e. The summed E-state index contributed by atoms with van der Waals surface area (Å²) in [6.45, 7) is 0.528. The van der Waals surface area contributed by atoms with Crippen molar-refractivity contribution in [3.8, 4) is 16.9 Å². The summed E-state index contributed by atoms with van der Waals surface area (Å²) in [5.41, 5.74) is 10.8. The van der Waals surface area contributed by atoms with Gasteiger partial charge in [0.1, 0.15) is 5.75 Å². The first-order chi connectivity index (χ1) is 13.1. The zero-order valence-corrected chi connectivity index (χ0v) is 15.6. The average Bonchev–Trinajstić information content (AvgIpc) is 3.45. The van der Waals surface area contributed by atoms with Gasteiger partial charge in [-0.25, -0.2) is 4.98 Å². The SMILES string of the molecule is COc1ccc(Cl)cc1-c1cccc2c(N)c3c(nc12)CN(C1CC1)C3=O. The van der Waals surface area contributed by atoms with E-state index in [0.717, 1.165) is 40.6 Å². The molecule has 0 spiro atoms. The van der Waals surface area contributed by atoms with Crippen LogP contribution in [-0.2, 0) is 6.54 Å². The molecule has 0 radical (unpaired) electrons. The van der Waals surface area contributed by atoms with E-state index in [4.69, 9.17) is 27.1 Å². The Morgan fingerprint density at radius 1 is 1.22 bits per heavy atom. The first kappa shape index (κ1) is 16.4. The number of halogens is 1. The highest BCUT2D eigenvalue weighted by atomic mass is 35.5. The maximum atomic E-state index is 12.8. The molecule has 136 valence electrons. The Hall–Kier alpha value is -2.79. The summed E-state index contributed by atoms with van der Waals surface area (Å²) < 4.78 is 5.52. The number of fused-ring (bicyclic) bond motifs is 2. The summed E-state index contributed by atoms with van der Waals surface area (Å²) in [6, 6.07) is 11.6. The first-order valence-electron chi connectivity index (χ1n) is 8.94. The topological polar surface area (TPSA) is 68.5 Å². The lowest BCUT2D eigenvalue weighted by atomic mass is 9.98. The van der Waals surface area contributed by atoms with Crippen molar-refractivity contribution in [2.24, 2.45) is 0 Å². The third kappa shape index (κ3) is 2.46. The molecule has 2 aromatic carbocycles. The number of pyridine rings is 1. The normalized spacial score (nSPS) is 16.1. The summed E-state index contributed by atoms with van der Waals surface area (Å²) in [5.74, 6) is 0.716. The van der Waals surface area contributed by atoms with Crippen LogP contribution in [0, 0.1) is 0 Å². The number of aromatic nitrogens is 1. The molecule has 2 N–H and O–H groups in total. The Morgan fingerprint density at radius 2 is 2.04 bits per heavy atom. The average molecular weight is 380 g/mol. The van der Waals surface area contributed by atoms with Crippen LogP contribution in [0.3, 0.4) is 0 Å². The first-order valence-corrected chi connectivity index (χ1v) is 9.32. The van der Waals surface area contributed by atoms with Crippen LogP contribution in [-0.4, -0.2) is 28.9 Å². The second-order valence-corrected chi connectivity index (χ2v) is 7.49. The van der Waals surface area contributed by atoms with E-state index in [9.17, 15) is 4.79 Å². The Balaban J connectivity index is 1.76. The fourth-order valence-corrected chi connectivity index (χ4v) is 4.05. The highest BCUT2D eigenvalue weighted by Gasteiger charge is 2.40. The monoisotopic (exact) mass is 379 g/mol. The van der Waals surface area contributed by atoms with Crippen molar-refractivity contribution in [2.75, 3.05) is 12.8 Å². The number of anilines is 1. The molecule has 6 heteroatoms. The fraction of sp³-hybridized carbons (Fsp3) is 0.238. The molecule has 0 bridgehead atoms. The van der Waals surface area contributed by atoms with Gasteiger partial charge in [0, 0.05) is 27.6 Å². The van der Waals surface area contributed by atoms with E-state index in [-0.39, 0.29) is 5.91 Å². The molecule has 2 aliphatic rings. The van der Waals surface area contributed by atoms with E-state index in [1.54, 1.807) is 13.2 Å². The van der Waals surface area contributed by atoms with Gasteiger partial charge in [-0.05, 0) is 31.0 Å². The lowest BCUT2D eigenvalue weighted by Gasteiger charge is -2.13. The highest BCUT2D eigenvalue weighted by molar-refractivity contribution is 6.31. The molecule has 0 atom stereocenters. The second kappa shape index (κ2) is 5.86. The van der Waals surface area contributed by atoms with E-state index < -0.39 is 0 Å². The third-order valence-corrected chi connectivity index (χ3v) is 5.60. The molecule has 1 fully saturated rings. The predicted octanol–water partition coefficient (Wildman–Crippen LogP) is 4.26. The van der Waals surface area contributed by atoms with Crippen molar-refractivity contribution < 1.29 is 9.53 Å². The molecule has 1 amide bonds. The standard InChI is InChI=1S/C21H18ClN3O2/c1-27-17-8-5-11(22)9-15(17)13-3-2-4-14-19(23)18-16(24-20(13)14)10-25(21(18)26)12-6-7-12/h2-5,8-9,12H,6-7,10H2,1H3,(H2,23,24). The number of hydrogen-bond acceptors (Lipinski definition) is 4. The largest absolute Gasteiger partial charge is 0.496 e. The number of nitrogens with two attached hydrogens (primary N) is 1. The quantitative estimate of drug-likeness (QED) is 0.738. The van der Waals surface area contributed by atoms with E-state index >= 15 is 0 Å². The van der Waals surface area contributed by atoms with Crippen molar-refractivity contribution in [3.63, 3.8) is 0 Å². The number of rotatable bonds is 3. The number of carbonyl (C=O) groups excluding carboxylic acids is 1. The second-order valence-electron chi connectivity index (χ2n) is 7.06. The highest BCUT2D eigenvalue weighted by Crippen LogP contribution is 2.42. The number of hydrogen-bond donors (Lipinski definition) is 1. The number of para-hydroxylation sites is 1. The molecule has 5 nitrogen and oxygen atoms in total. The molecule has 1 aliphatic carbocycles. The Kier molecular flexibility index (Phi) is 3.56. The van der Waals surface area contributed by atoms with E-state index in [1.807, 2.05) is 35.2 Å². The fourth-order valence-electron chi connectivity index (χ4n) is 3.88. The van der Waals surface area contributed by atoms with Gasteiger partial charge in [0.05, 0.1) is 36.1 Å². The number of benzene rings is 2. The van der Waals surface area contributed by atoms with Gasteiger partial charge in [-0.1, -0.05) is 29.8 Å². The van der Waals surface area contributed by atoms with Crippen LogP contribution in [0.5, 0.6) is 5.75 Å². The smallest absolute Gasteiger partial charge is 0.258 e. The lowest BCUT2D eigenvalue weighted by Crippen LogP contribution is -2.26. The van der Waals surface area contributed by atoms with Crippen LogP contribution >= 0.6 is 11.6 Å². The number of ether oxygens (including phenoxy) is 1. The molecule has 3 aromatic rings. The maximum absolute atomic E-state index is 12.8. The molecule has 2 heterocycles. The minimum Gasteiger partial charge on any atom is -0.496 e. The van der Waals surface area contributed by atoms with Crippen molar-refractivity contribution in [1.82, 2.24) is 9.88 Å². The molecule has 0 unspecified atom stereocenters. The number of nitrogen functional groups attached to an aromatic ring is 1. The summed E-state index contributed by atoms with van der Waals surface area (Å²) in [4.78, 5) is 19.6. The minimum absolute atomic E-state index is 0.00476. The van der Waals surface area contributed by atoms with Crippen molar-refractivity contribution >= 4 is 34.1 Å². The van der Waals surface area contributed by atoms with Crippen LogP contribution in [0.25, 0.3) is 22.0 Å². The van der Waals surface area contributed by atoms with Gasteiger partial charge in [0.2, 0.25) is 0 Å². The van der Waals surface area contributed by atoms with E-state index in [0.29, 0.717) is 34.6 Å². The van der Waals surface area contributed by atoms with E-state index in [1.165, 1.54) is 0 Å². The predicted molar refractivity (Wildman–Crippen MR) is 106 cm³/mol. The van der Waals surface area contributed by atoms with Crippen LogP contribution in [0.1, 0.15) is 28.9 Å². The van der Waals surface area contributed by atoms with Crippen LogP contribution in [0.2, 0.25) is 5.02 Å². The van der Waals surface area contributed by atoms with Gasteiger partial charge in [0.15, 0.2) is 0 Å². The van der Waals surface area contributed by atoms with Crippen molar-refractivity contribution in [3.05, 3.63) is 52.7 Å². The molecule has 5 rings (SSSR count). The zero-order chi connectivity index (χ0) is 18.7. The molecule has 1 aliphatic heterocycles. The van der Waals surface area contributed by atoms with Crippen LogP contribution < -0.4 is 10.5 Å². The van der Waals surface area contributed by atoms with Crippen LogP contribution in [0.4, 0.5) is 5.69 Å². The number of amides is 1. The molecule has 1 saturated carbocycles. The molecule has 27 heavy (non-hydrogen) atoms. The third-order valence-electron chi connectivity index (χ3n) is 5.37. The summed E-state index contributed by atoms with van der Waals surface area (Å²) in [6.07, 6.45) is 2.12. The van der Waals surface area contributed by atoms with Gasteiger partial charge in [-0.3, -0.25) is 4.79 Å². The summed E-state index contributed by atoms with van der Waals surface area (Å²) in [7, 11) is 1.63. The number of carbonyl (C=O) groups is 1. The summed E-state index contributed by atoms with van der Waals surface area (Å²) >= 11 is 6.23. The molecular weight excluding hydrogens is 362 g/mol. The Morgan fingerprint density at radius 3 is 2.78 bits per heavy atom. The Labute approximate surface area is 161 Å². The van der Waals surface area contributed by atoms with Gasteiger partial charge in [-0.2, -0.15) is 0 Å². The van der Waals surface area contributed by atoms with Gasteiger partial charge in [-0.15, -0.1) is 0 Å². The van der Waals surface area contributed by atoms with Gasteiger partial charge >= 0.3 is 0 Å². The molecular formula is C21H18ClN3O2. The number of nitrogens with zero attached hydrogens (tertiary/aromatic N) is 2. The molecule has 0 saturated heterocycles. The van der Waals surface area contributed by atoms with Gasteiger partial charge < -0.3 is 15.4 Å². The van der Waals surface area contributed by atoms with E-state index in [2.05, 4.69) is 0 Å². The Bertz CT molecular complexity index is 1110. The van der Waals surface area contributed by atoms with Crippen molar-refractivity contribution in [2.45, 2.75) is 25.4 Å². The zero-order valence-electron chi connectivity index (χ0n) is 14.8. The molecule has 1 aromatic heterocycles. The number of methoxy groups -OCH3 is 1. The minimum atomic E-state index is 0.00476. The van der Waals surface area contributed by atoms with Gasteiger partial charge in [0.25, 0.3) is 5.91 Å². The summed E-state index contributed by atoms with van der Waals surface area (Å²) in [5, 5.41) is 1.39. The van der Waals surface area contributed by atoms with Crippen LogP contribution in [0.15, 0.2) is 36.4 Å².